The number of aromatic nitrogens is 3. The molecule has 0 bridgehead atoms. The second kappa shape index (κ2) is 7.13. The van der Waals surface area contributed by atoms with Crippen LogP contribution in [0.4, 0.5) is 0 Å². The molecule has 7 nitrogen and oxygen atoms in total. The molecule has 1 unspecified atom stereocenters. The maximum Gasteiger partial charge on any atom is 0.223 e. The van der Waals surface area contributed by atoms with Gasteiger partial charge in [0.05, 0.1) is 6.04 Å². The second-order valence-corrected chi connectivity index (χ2v) is 6.41. The first-order valence-corrected chi connectivity index (χ1v) is 8.83. The lowest BCUT2D eigenvalue weighted by atomic mass is 10.0. The van der Waals surface area contributed by atoms with Gasteiger partial charge < -0.3 is 14.4 Å². The van der Waals surface area contributed by atoms with Crippen molar-refractivity contribution >= 4 is 5.91 Å². The van der Waals surface area contributed by atoms with Crippen molar-refractivity contribution < 1.29 is 14.3 Å². The highest BCUT2D eigenvalue weighted by Crippen LogP contribution is 2.38. The van der Waals surface area contributed by atoms with Crippen molar-refractivity contribution in [3.05, 3.63) is 36.4 Å². The predicted octanol–water partition coefficient (Wildman–Crippen LogP) is 2.19. The van der Waals surface area contributed by atoms with E-state index in [1.807, 2.05) is 17.0 Å². The average molecular weight is 342 g/mol. The highest BCUT2D eigenvalue weighted by molar-refractivity contribution is 5.77. The minimum absolute atomic E-state index is 0.134. The first kappa shape index (κ1) is 15.9. The van der Waals surface area contributed by atoms with Gasteiger partial charge in [0.15, 0.2) is 11.5 Å². The van der Waals surface area contributed by atoms with Crippen molar-refractivity contribution in [3.8, 4) is 11.5 Å². The van der Waals surface area contributed by atoms with Crippen LogP contribution in [0.15, 0.2) is 30.9 Å². The fourth-order valence-corrected chi connectivity index (χ4v) is 3.56. The Balaban J connectivity index is 1.40. The van der Waals surface area contributed by atoms with Crippen molar-refractivity contribution in [2.75, 3.05) is 19.8 Å². The summed E-state index contributed by atoms with van der Waals surface area (Å²) in [5.41, 5.74) is 1.13. The first-order valence-electron chi connectivity index (χ1n) is 8.83. The Hall–Kier alpha value is -2.57. The van der Waals surface area contributed by atoms with Crippen LogP contribution >= 0.6 is 0 Å². The minimum atomic E-state index is 0.134. The normalized spacial score (nSPS) is 19.2. The van der Waals surface area contributed by atoms with E-state index in [4.69, 9.17) is 9.47 Å². The summed E-state index contributed by atoms with van der Waals surface area (Å²) < 4.78 is 13.0. The Morgan fingerprint density at radius 2 is 2.12 bits per heavy atom. The van der Waals surface area contributed by atoms with Crippen molar-refractivity contribution in [1.82, 2.24) is 19.7 Å². The number of hydrogen-bond donors (Lipinski definition) is 0. The molecule has 2 aromatic rings. The molecule has 3 heterocycles. The van der Waals surface area contributed by atoms with Gasteiger partial charge in [-0.05, 0) is 37.0 Å². The Morgan fingerprint density at radius 3 is 2.96 bits per heavy atom. The molecule has 0 aliphatic carbocycles. The number of carbonyl (C=O) groups is 1. The maximum absolute atomic E-state index is 12.7. The number of ether oxygens (including phenoxy) is 2. The number of fused-ring (bicyclic) bond motifs is 1. The van der Waals surface area contributed by atoms with E-state index in [9.17, 15) is 4.79 Å². The van der Waals surface area contributed by atoms with Crippen LogP contribution in [0.1, 0.15) is 37.3 Å². The molecule has 1 aromatic carbocycles. The van der Waals surface area contributed by atoms with E-state index in [0.717, 1.165) is 42.9 Å². The molecule has 0 saturated carbocycles. The molecule has 1 fully saturated rings. The molecular weight excluding hydrogens is 320 g/mol. The van der Waals surface area contributed by atoms with Crippen molar-refractivity contribution in [1.29, 1.82) is 0 Å². The summed E-state index contributed by atoms with van der Waals surface area (Å²) >= 11 is 0. The van der Waals surface area contributed by atoms with Crippen LogP contribution in [0.3, 0.4) is 0 Å². The molecule has 0 N–H and O–H groups in total. The fourth-order valence-electron chi connectivity index (χ4n) is 3.56. The number of amides is 1. The number of hydrogen-bond acceptors (Lipinski definition) is 5. The van der Waals surface area contributed by atoms with Gasteiger partial charge in [-0.3, -0.25) is 9.48 Å². The molecule has 25 heavy (non-hydrogen) atoms. The molecule has 2 aliphatic heterocycles. The third-order valence-corrected chi connectivity index (χ3v) is 4.77. The molecule has 1 atom stereocenters. The smallest absolute Gasteiger partial charge is 0.223 e. The summed E-state index contributed by atoms with van der Waals surface area (Å²) in [4.78, 5) is 18.6. The number of likely N-dealkylation sites (tertiary alicyclic amines) is 1. The van der Waals surface area contributed by atoms with Gasteiger partial charge in [-0.25, -0.2) is 4.98 Å². The zero-order chi connectivity index (χ0) is 17.1. The third-order valence-electron chi connectivity index (χ3n) is 4.77. The molecule has 7 heteroatoms. The molecule has 132 valence electrons. The number of aryl methyl sites for hydroxylation is 1. The highest BCUT2D eigenvalue weighted by Gasteiger charge is 2.30. The van der Waals surface area contributed by atoms with Gasteiger partial charge >= 0.3 is 0 Å². The van der Waals surface area contributed by atoms with Gasteiger partial charge in [0.2, 0.25) is 5.91 Å². The Bertz CT molecular complexity index is 732. The summed E-state index contributed by atoms with van der Waals surface area (Å²) in [6.07, 6.45) is 6.52. The molecule has 1 aromatic heterocycles. The number of carbonyl (C=O) groups excluding carboxylic acids is 1. The van der Waals surface area contributed by atoms with E-state index in [1.54, 1.807) is 11.0 Å². The van der Waals surface area contributed by atoms with Crippen LogP contribution in [-0.2, 0) is 11.3 Å². The van der Waals surface area contributed by atoms with Gasteiger partial charge in [0, 0.05) is 19.5 Å². The van der Waals surface area contributed by atoms with Crippen LogP contribution < -0.4 is 9.47 Å². The monoisotopic (exact) mass is 342 g/mol. The molecule has 0 radical (unpaired) electrons. The summed E-state index contributed by atoms with van der Waals surface area (Å²) in [5, 5.41) is 4.07. The maximum atomic E-state index is 12.7. The zero-order valence-electron chi connectivity index (χ0n) is 14.1. The van der Waals surface area contributed by atoms with E-state index in [1.165, 1.54) is 6.33 Å². The van der Waals surface area contributed by atoms with Gasteiger partial charge in [-0.1, -0.05) is 6.07 Å². The third kappa shape index (κ3) is 3.45. The van der Waals surface area contributed by atoms with Crippen LogP contribution in [0.2, 0.25) is 0 Å². The van der Waals surface area contributed by atoms with Gasteiger partial charge in [0.25, 0.3) is 0 Å². The number of rotatable bonds is 5. The largest absolute Gasteiger partial charge is 0.486 e. The molecular formula is C18H22N4O3. The van der Waals surface area contributed by atoms with Crippen LogP contribution in [0.5, 0.6) is 11.5 Å². The Labute approximate surface area is 146 Å². The SMILES string of the molecule is O=C(CCCn1cncn1)N1CCCC1c1ccc2c(c1)OCCO2. The lowest BCUT2D eigenvalue weighted by molar-refractivity contribution is -0.132. The van der Waals surface area contributed by atoms with Crippen LogP contribution in [0, 0.1) is 0 Å². The molecule has 2 aliphatic rings. The van der Waals surface area contributed by atoms with E-state index < -0.39 is 0 Å². The van der Waals surface area contributed by atoms with Crippen molar-refractivity contribution in [3.63, 3.8) is 0 Å². The first-order chi connectivity index (χ1) is 12.3. The molecule has 0 spiro atoms. The standard InChI is InChI=1S/C18H22N4O3/c23-18(4-2-7-21-13-19-12-20-21)22-8-1-3-15(22)14-5-6-16-17(11-14)25-10-9-24-16/h5-6,11-13,15H,1-4,7-10H2. The van der Waals surface area contributed by atoms with Crippen molar-refractivity contribution in [2.24, 2.45) is 0 Å². The van der Waals surface area contributed by atoms with E-state index in [-0.39, 0.29) is 11.9 Å². The Morgan fingerprint density at radius 1 is 1.24 bits per heavy atom. The van der Waals surface area contributed by atoms with Crippen LogP contribution in [0.25, 0.3) is 0 Å². The van der Waals surface area contributed by atoms with E-state index in [2.05, 4.69) is 16.1 Å². The van der Waals surface area contributed by atoms with Gasteiger partial charge in [0.1, 0.15) is 25.9 Å². The van der Waals surface area contributed by atoms with Gasteiger partial charge in [-0.15, -0.1) is 0 Å². The number of benzene rings is 1. The lowest BCUT2D eigenvalue weighted by Gasteiger charge is -2.27. The summed E-state index contributed by atoms with van der Waals surface area (Å²) in [7, 11) is 0. The Kier molecular flexibility index (Phi) is 4.54. The molecule has 1 saturated heterocycles. The predicted molar refractivity (Wildman–Crippen MR) is 90.4 cm³/mol. The quantitative estimate of drug-likeness (QED) is 0.833. The van der Waals surface area contributed by atoms with Gasteiger partial charge in [-0.2, -0.15) is 5.10 Å². The highest BCUT2D eigenvalue weighted by atomic mass is 16.6. The zero-order valence-corrected chi connectivity index (χ0v) is 14.1. The van der Waals surface area contributed by atoms with Crippen molar-refractivity contribution in [2.45, 2.75) is 38.3 Å². The average Bonchev–Trinajstić information content (AvgIpc) is 3.33. The minimum Gasteiger partial charge on any atom is -0.486 e. The molecule has 1 amide bonds. The summed E-state index contributed by atoms with van der Waals surface area (Å²) in [6.45, 7) is 2.70. The topological polar surface area (TPSA) is 69.5 Å². The lowest BCUT2D eigenvalue weighted by Crippen LogP contribution is -2.30. The summed E-state index contributed by atoms with van der Waals surface area (Å²) in [6, 6.07) is 6.17. The fraction of sp³-hybridized carbons (Fsp3) is 0.500. The van der Waals surface area contributed by atoms with Crippen LogP contribution in [-0.4, -0.2) is 45.3 Å². The second-order valence-electron chi connectivity index (χ2n) is 6.41. The molecule has 4 rings (SSSR count). The van der Waals surface area contributed by atoms with E-state index >= 15 is 0 Å². The summed E-state index contributed by atoms with van der Waals surface area (Å²) in [5.74, 6) is 1.78. The number of nitrogens with zero attached hydrogens (tertiary/aromatic N) is 4. The van der Waals surface area contributed by atoms with E-state index in [0.29, 0.717) is 26.2 Å².